The average Bonchev–Trinajstić information content (AvgIpc) is 2.35. The lowest BCUT2D eigenvalue weighted by atomic mass is 9.92. The Morgan fingerprint density at radius 2 is 1.81 bits per heavy atom. The third-order valence-electron chi connectivity index (χ3n) is 3.23. The van der Waals surface area contributed by atoms with Crippen LogP contribution in [0.15, 0.2) is 29.2 Å². The van der Waals surface area contributed by atoms with Crippen molar-refractivity contribution < 1.29 is 0 Å². The molecule has 0 spiro atoms. The van der Waals surface area contributed by atoms with Gasteiger partial charge < -0.3 is 0 Å². The third-order valence-corrected chi connectivity index (χ3v) is 3.97. The van der Waals surface area contributed by atoms with Crippen molar-refractivity contribution in [3.05, 3.63) is 29.8 Å². The van der Waals surface area contributed by atoms with Crippen LogP contribution in [0.5, 0.6) is 0 Å². The van der Waals surface area contributed by atoms with Crippen LogP contribution in [0.4, 0.5) is 0 Å². The molecule has 1 aromatic carbocycles. The molecule has 1 unspecified atom stereocenters. The van der Waals surface area contributed by atoms with E-state index in [0.29, 0.717) is 0 Å². The number of thioether (sulfide) groups is 1. The van der Waals surface area contributed by atoms with Gasteiger partial charge in [-0.3, -0.25) is 0 Å². The van der Waals surface area contributed by atoms with Gasteiger partial charge in [0.2, 0.25) is 0 Å². The molecule has 0 amide bonds. The lowest BCUT2D eigenvalue weighted by Crippen LogP contribution is -2.03. The average molecular weight is 236 g/mol. The Hall–Kier alpha value is -0.430. The highest BCUT2D eigenvalue weighted by molar-refractivity contribution is 7.98. The van der Waals surface area contributed by atoms with Crippen LogP contribution in [0.2, 0.25) is 0 Å². The van der Waals surface area contributed by atoms with Crippen molar-refractivity contribution in [3.8, 4) is 0 Å². The van der Waals surface area contributed by atoms with E-state index in [-0.39, 0.29) is 0 Å². The summed E-state index contributed by atoms with van der Waals surface area (Å²) in [5, 5.41) is 0. The fraction of sp³-hybridized carbons (Fsp3) is 0.600. The summed E-state index contributed by atoms with van der Waals surface area (Å²) in [6, 6.07) is 9.07. The van der Waals surface area contributed by atoms with Crippen molar-refractivity contribution >= 4 is 11.8 Å². The van der Waals surface area contributed by atoms with Gasteiger partial charge in [-0.2, -0.15) is 0 Å². The summed E-state index contributed by atoms with van der Waals surface area (Å²) in [5.41, 5.74) is 1.50. The molecule has 1 aromatic rings. The first-order valence-electron chi connectivity index (χ1n) is 6.43. The van der Waals surface area contributed by atoms with Crippen molar-refractivity contribution in [2.75, 3.05) is 6.26 Å². The summed E-state index contributed by atoms with van der Waals surface area (Å²) < 4.78 is 0. The van der Waals surface area contributed by atoms with Crippen LogP contribution in [-0.2, 0) is 6.42 Å². The normalized spacial score (nSPS) is 12.7. The number of rotatable bonds is 7. The minimum atomic E-state index is 0.875. The third kappa shape index (κ3) is 4.61. The van der Waals surface area contributed by atoms with Gasteiger partial charge in [-0.25, -0.2) is 0 Å². The Bertz CT molecular complexity index is 276. The Kier molecular flexibility index (Phi) is 6.63. The van der Waals surface area contributed by atoms with Crippen molar-refractivity contribution in [1.29, 1.82) is 0 Å². The Balaban J connectivity index is 2.49. The Labute approximate surface area is 105 Å². The van der Waals surface area contributed by atoms with Crippen molar-refractivity contribution in [1.82, 2.24) is 0 Å². The smallest absolute Gasteiger partial charge is 0.00693 e. The van der Waals surface area contributed by atoms with E-state index in [1.807, 2.05) is 11.8 Å². The molecule has 1 rings (SSSR count). The van der Waals surface area contributed by atoms with E-state index in [1.54, 1.807) is 0 Å². The number of unbranched alkanes of at least 4 members (excludes halogenated alkanes) is 1. The molecule has 0 aliphatic carbocycles. The Morgan fingerprint density at radius 1 is 1.12 bits per heavy atom. The van der Waals surface area contributed by atoms with E-state index in [2.05, 4.69) is 44.4 Å². The summed E-state index contributed by atoms with van der Waals surface area (Å²) in [6.07, 6.45) is 8.78. The molecule has 90 valence electrons. The zero-order valence-electron chi connectivity index (χ0n) is 10.8. The number of hydrogen-bond donors (Lipinski definition) is 0. The summed E-state index contributed by atoms with van der Waals surface area (Å²) in [7, 11) is 0. The van der Waals surface area contributed by atoms with E-state index in [9.17, 15) is 0 Å². The molecule has 0 fully saturated rings. The Morgan fingerprint density at radius 3 is 2.31 bits per heavy atom. The molecule has 0 N–H and O–H groups in total. The quantitative estimate of drug-likeness (QED) is 0.589. The van der Waals surface area contributed by atoms with Crippen molar-refractivity contribution in [3.63, 3.8) is 0 Å². The van der Waals surface area contributed by atoms with E-state index in [1.165, 1.54) is 42.6 Å². The maximum atomic E-state index is 2.32. The maximum absolute atomic E-state index is 2.32. The molecule has 16 heavy (non-hydrogen) atoms. The molecule has 1 heteroatoms. The fourth-order valence-electron chi connectivity index (χ4n) is 2.04. The number of benzene rings is 1. The molecule has 0 saturated carbocycles. The van der Waals surface area contributed by atoms with Crippen LogP contribution >= 0.6 is 11.8 Å². The molecule has 0 bridgehead atoms. The van der Waals surface area contributed by atoms with Gasteiger partial charge in [0, 0.05) is 4.90 Å². The SMILES string of the molecule is CCCCC(CC)Cc1ccc(SC)cc1. The first kappa shape index (κ1) is 13.6. The van der Waals surface area contributed by atoms with Crippen LogP contribution in [0.1, 0.15) is 45.1 Å². The first-order valence-corrected chi connectivity index (χ1v) is 7.65. The molecule has 0 saturated heterocycles. The van der Waals surface area contributed by atoms with E-state index < -0.39 is 0 Å². The first-order chi connectivity index (χ1) is 7.80. The van der Waals surface area contributed by atoms with Gasteiger partial charge in [-0.15, -0.1) is 11.8 Å². The van der Waals surface area contributed by atoms with Crippen molar-refractivity contribution in [2.24, 2.45) is 5.92 Å². The van der Waals surface area contributed by atoms with Gasteiger partial charge in [0.05, 0.1) is 0 Å². The summed E-state index contributed by atoms with van der Waals surface area (Å²) >= 11 is 1.82. The predicted octanol–water partition coefficient (Wildman–Crippen LogP) is 5.17. The summed E-state index contributed by atoms with van der Waals surface area (Å²) in [5.74, 6) is 0.875. The minimum Gasteiger partial charge on any atom is -0.130 e. The summed E-state index contributed by atoms with van der Waals surface area (Å²) in [6.45, 7) is 4.59. The zero-order valence-corrected chi connectivity index (χ0v) is 11.6. The molecule has 0 aromatic heterocycles. The molecule has 0 aliphatic heterocycles. The van der Waals surface area contributed by atoms with Gasteiger partial charge in [0.15, 0.2) is 0 Å². The minimum absolute atomic E-state index is 0.875. The highest BCUT2D eigenvalue weighted by atomic mass is 32.2. The van der Waals surface area contributed by atoms with Crippen LogP contribution in [-0.4, -0.2) is 6.26 Å². The van der Waals surface area contributed by atoms with E-state index >= 15 is 0 Å². The molecule has 0 nitrogen and oxygen atoms in total. The molecule has 1 atom stereocenters. The van der Waals surface area contributed by atoms with Crippen LogP contribution < -0.4 is 0 Å². The monoisotopic (exact) mass is 236 g/mol. The van der Waals surface area contributed by atoms with E-state index in [4.69, 9.17) is 0 Å². The van der Waals surface area contributed by atoms with E-state index in [0.717, 1.165) is 5.92 Å². The lowest BCUT2D eigenvalue weighted by molar-refractivity contribution is 0.449. The highest BCUT2D eigenvalue weighted by Gasteiger charge is 2.06. The zero-order chi connectivity index (χ0) is 11.8. The van der Waals surface area contributed by atoms with Crippen LogP contribution in [0, 0.1) is 5.92 Å². The largest absolute Gasteiger partial charge is 0.130 e. The van der Waals surface area contributed by atoms with Gasteiger partial charge in [-0.05, 0) is 36.3 Å². The molecular weight excluding hydrogens is 212 g/mol. The highest BCUT2D eigenvalue weighted by Crippen LogP contribution is 2.21. The number of hydrogen-bond acceptors (Lipinski definition) is 1. The maximum Gasteiger partial charge on any atom is 0.00693 e. The second kappa shape index (κ2) is 7.78. The van der Waals surface area contributed by atoms with Gasteiger partial charge in [-0.1, -0.05) is 51.7 Å². The predicted molar refractivity (Wildman–Crippen MR) is 75.2 cm³/mol. The van der Waals surface area contributed by atoms with Crippen molar-refractivity contribution in [2.45, 2.75) is 50.8 Å². The molecular formula is C15H24S. The topological polar surface area (TPSA) is 0 Å². The van der Waals surface area contributed by atoms with Crippen LogP contribution in [0.3, 0.4) is 0 Å². The molecule has 0 radical (unpaired) electrons. The summed E-state index contributed by atoms with van der Waals surface area (Å²) in [4.78, 5) is 1.37. The molecule has 0 heterocycles. The standard InChI is InChI=1S/C15H24S/c1-4-6-7-13(5-2)12-14-8-10-15(16-3)11-9-14/h8-11,13H,4-7,12H2,1-3H3. The fourth-order valence-corrected chi connectivity index (χ4v) is 2.45. The van der Waals surface area contributed by atoms with Gasteiger partial charge in [0.1, 0.15) is 0 Å². The second-order valence-electron chi connectivity index (χ2n) is 4.47. The molecule has 0 aliphatic rings. The lowest BCUT2D eigenvalue weighted by Gasteiger charge is -2.14. The van der Waals surface area contributed by atoms with Gasteiger partial charge in [0.25, 0.3) is 0 Å². The van der Waals surface area contributed by atoms with Crippen LogP contribution in [0.25, 0.3) is 0 Å². The second-order valence-corrected chi connectivity index (χ2v) is 5.35. The van der Waals surface area contributed by atoms with Gasteiger partial charge >= 0.3 is 0 Å².